The monoisotopic (exact) mass is 482 g/mol. The Morgan fingerprint density at radius 1 is 1.06 bits per heavy atom. The second-order valence-corrected chi connectivity index (χ2v) is 9.30. The molecule has 9 nitrogen and oxygen atoms in total. The average molecular weight is 483 g/mol. The number of esters is 1. The molecule has 3 rings (SSSR count). The topological polar surface area (TPSA) is 111 Å². The van der Waals surface area contributed by atoms with Crippen LogP contribution in [-0.2, 0) is 19.6 Å². The minimum Gasteiger partial charge on any atom is -0.493 e. The number of rotatable bonds is 8. The van der Waals surface area contributed by atoms with Crippen LogP contribution in [0, 0.1) is 0 Å². The number of halogens is 1. The Balaban J connectivity index is 1.58. The predicted molar refractivity (Wildman–Crippen MR) is 118 cm³/mol. The van der Waals surface area contributed by atoms with Crippen molar-refractivity contribution in [2.24, 2.45) is 0 Å². The number of ether oxygens (including phenoxy) is 3. The van der Waals surface area contributed by atoms with Gasteiger partial charge in [0.1, 0.15) is 0 Å². The van der Waals surface area contributed by atoms with Gasteiger partial charge in [-0.15, -0.1) is 0 Å². The van der Waals surface area contributed by atoms with Gasteiger partial charge in [-0.25, -0.2) is 13.2 Å². The first kappa shape index (κ1) is 23.8. The van der Waals surface area contributed by atoms with E-state index in [-0.39, 0.29) is 27.0 Å². The molecule has 0 bridgehead atoms. The summed E-state index contributed by atoms with van der Waals surface area (Å²) in [7, 11) is -0.711. The molecular weight excluding hydrogens is 460 g/mol. The molecule has 0 spiro atoms. The summed E-state index contributed by atoms with van der Waals surface area (Å²) in [6.45, 7) is 0.480. The minimum absolute atomic E-state index is 0.0944. The van der Waals surface area contributed by atoms with Gasteiger partial charge in [0.05, 0.1) is 29.7 Å². The Hall–Kier alpha value is -2.82. The van der Waals surface area contributed by atoms with Crippen LogP contribution in [0.3, 0.4) is 0 Å². The van der Waals surface area contributed by atoms with Gasteiger partial charge in [0.2, 0.25) is 10.0 Å². The number of methoxy groups -OCH3 is 2. The van der Waals surface area contributed by atoms with Crippen molar-refractivity contribution in [2.45, 2.75) is 17.7 Å². The molecule has 1 aliphatic heterocycles. The molecule has 2 aromatic rings. The molecule has 0 unspecified atom stereocenters. The van der Waals surface area contributed by atoms with E-state index in [1.807, 2.05) is 0 Å². The van der Waals surface area contributed by atoms with Crippen LogP contribution in [0.4, 0.5) is 5.69 Å². The molecule has 0 atom stereocenters. The van der Waals surface area contributed by atoms with E-state index in [1.165, 1.54) is 54.9 Å². The van der Waals surface area contributed by atoms with E-state index in [9.17, 15) is 18.0 Å². The van der Waals surface area contributed by atoms with Gasteiger partial charge in [0.15, 0.2) is 18.1 Å². The molecule has 1 N–H and O–H groups in total. The SMILES string of the molecule is COc1cc(C(=O)OCC(=O)Nc2ccc(S(=O)(=O)N3CCCC3)cc2)cc(Cl)c1OC. The normalized spacial score (nSPS) is 14.1. The number of carbonyl (C=O) groups excluding carboxylic acids is 2. The zero-order chi connectivity index (χ0) is 23.3. The largest absolute Gasteiger partial charge is 0.493 e. The van der Waals surface area contributed by atoms with Crippen molar-refractivity contribution in [2.75, 3.05) is 39.2 Å². The Bertz CT molecular complexity index is 1100. The van der Waals surface area contributed by atoms with Crippen LogP contribution in [0.2, 0.25) is 5.02 Å². The number of carbonyl (C=O) groups is 2. The Kier molecular flexibility index (Phi) is 7.60. The third kappa shape index (κ3) is 5.32. The highest BCUT2D eigenvalue weighted by Gasteiger charge is 2.27. The quantitative estimate of drug-likeness (QED) is 0.576. The maximum Gasteiger partial charge on any atom is 0.338 e. The highest BCUT2D eigenvalue weighted by atomic mass is 35.5. The Morgan fingerprint density at radius 2 is 1.72 bits per heavy atom. The predicted octanol–water partition coefficient (Wildman–Crippen LogP) is 2.94. The van der Waals surface area contributed by atoms with E-state index in [0.717, 1.165) is 12.8 Å². The van der Waals surface area contributed by atoms with Crippen LogP contribution in [0.5, 0.6) is 11.5 Å². The van der Waals surface area contributed by atoms with Crippen LogP contribution < -0.4 is 14.8 Å². The second kappa shape index (κ2) is 10.2. The molecule has 2 aromatic carbocycles. The van der Waals surface area contributed by atoms with E-state index in [0.29, 0.717) is 18.8 Å². The molecule has 1 aliphatic rings. The lowest BCUT2D eigenvalue weighted by Crippen LogP contribution is -2.27. The van der Waals surface area contributed by atoms with Gasteiger partial charge in [-0.3, -0.25) is 4.79 Å². The summed E-state index contributed by atoms with van der Waals surface area (Å²) in [4.78, 5) is 24.6. The molecule has 1 amide bonds. The summed E-state index contributed by atoms with van der Waals surface area (Å²) >= 11 is 6.08. The summed E-state index contributed by atoms with van der Waals surface area (Å²) in [5.41, 5.74) is 0.470. The first-order valence-corrected chi connectivity index (χ1v) is 11.6. The molecule has 11 heteroatoms. The third-order valence-corrected chi connectivity index (χ3v) is 7.04. The molecule has 0 aliphatic carbocycles. The summed E-state index contributed by atoms with van der Waals surface area (Å²) in [5.74, 6) is -0.825. The lowest BCUT2D eigenvalue weighted by atomic mass is 10.2. The fourth-order valence-corrected chi connectivity index (χ4v) is 5.04. The molecule has 1 saturated heterocycles. The van der Waals surface area contributed by atoms with Crippen LogP contribution in [0.25, 0.3) is 0 Å². The van der Waals surface area contributed by atoms with E-state index >= 15 is 0 Å². The highest BCUT2D eigenvalue weighted by Crippen LogP contribution is 2.36. The van der Waals surface area contributed by atoms with E-state index in [2.05, 4.69) is 5.32 Å². The number of amides is 1. The number of hydrogen-bond acceptors (Lipinski definition) is 7. The molecule has 1 heterocycles. The van der Waals surface area contributed by atoms with Crippen molar-refractivity contribution in [1.29, 1.82) is 0 Å². The van der Waals surface area contributed by atoms with Gasteiger partial charge >= 0.3 is 5.97 Å². The molecule has 1 fully saturated rings. The number of sulfonamides is 1. The number of hydrogen-bond donors (Lipinski definition) is 1. The van der Waals surface area contributed by atoms with Gasteiger partial charge in [0.25, 0.3) is 5.91 Å². The van der Waals surface area contributed by atoms with Crippen molar-refractivity contribution < 1.29 is 32.2 Å². The number of nitrogens with zero attached hydrogens (tertiary/aromatic N) is 1. The maximum absolute atomic E-state index is 12.5. The first-order valence-electron chi connectivity index (χ1n) is 9.75. The first-order chi connectivity index (χ1) is 15.3. The van der Waals surface area contributed by atoms with Crippen LogP contribution in [-0.4, -0.2) is 58.5 Å². The van der Waals surface area contributed by atoms with Gasteiger partial charge in [-0.1, -0.05) is 11.6 Å². The number of nitrogens with one attached hydrogen (secondary N) is 1. The second-order valence-electron chi connectivity index (χ2n) is 6.95. The zero-order valence-electron chi connectivity index (χ0n) is 17.6. The summed E-state index contributed by atoms with van der Waals surface area (Å²) < 4.78 is 41.8. The van der Waals surface area contributed by atoms with Crippen molar-refractivity contribution in [1.82, 2.24) is 4.31 Å². The minimum atomic E-state index is -3.53. The van der Waals surface area contributed by atoms with E-state index in [1.54, 1.807) is 0 Å². The molecule has 32 heavy (non-hydrogen) atoms. The zero-order valence-corrected chi connectivity index (χ0v) is 19.2. The fourth-order valence-electron chi connectivity index (χ4n) is 3.24. The van der Waals surface area contributed by atoms with Gasteiger partial charge < -0.3 is 19.5 Å². The summed E-state index contributed by atoms with van der Waals surface area (Å²) in [6.07, 6.45) is 1.70. The highest BCUT2D eigenvalue weighted by molar-refractivity contribution is 7.89. The van der Waals surface area contributed by atoms with Gasteiger partial charge in [-0.2, -0.15) is 4.31 Å². The van der Waals surface area contributed by atoms with Crippen LogP contribution >= 0.6 is 11.6 Å². The lowest BCUT2D eigenvalue weighted by Gasteiger charge is -2.15. The lowest BCUT2D eigenvalue weighted by molar-refractivity contribution is -0.119. The number of anilines is 1. The molecule has 0 aromatic heterocycles. The van der Waals surface area contributed by atoms with Gasteiger partial charge in [-0.05, 0) is 49.2 Å². The number of benzene rings is 2. The Labute approximate surface area is 191 Å². The van der Waals surface area contributed by atoms with E-state index in [4.69, 9.17) is 25.8 Å². The molecular formula is C21H23ClN2O7S. The van der Waals surface area contributed by atoms with Crippen LogP contribution in [0.15, 0.2) is 41.3 Å². The van der Waals surface area contributed by atoms with Crippen molar-refractivity contribution in [3.8, 4) is 11.5 Å². The summed E-state index contributed by atoms with van der Waals surface area (Å²) in [6, 6.07) is 8.57. The Morgan fingerprint density at radius 3 is 2.31 bits per heavy atom. The average Bonchev–Trinajstić information content (AvgIpc) is 3.33. The standard InChI is InChI=1S/C21H23ClN2O7S/c1-29-18-12-14(11-17(22)20(18)30-2)21(26)31-13-19(25)23-15-5-7-16(8-6-15)32(27,28)24-9-3-4-10-24/h5-8,11-12H,3-4,9-10,13H2,1-2H3,(H,23,25). The van der Waals surface area contributed by atoms with Crippen molar-refractivity contribution in [3.63, 3.8) is 0 Å². The summed E-state index contributed by atoms with van der Waals surface area (Å²) in [5, 5.41) is 2.71. The molecule has 0 saturated carbocycles. The maximum atomic E-state index is 12.5. The smallest absolute Gasteiger partial charge is 0.338 e. The van der Waals surface area contributed by atoms with Crippen molar-refractivity contribution >= 4 is 39.2 Å². The van der Waals surface area contributed by atoms with Crippen molar-refractivity contribution in [3.05, 3.63) is 47.0 Å². The van der Waals surface area contributed by atoms with Crippen LogP contribution in [0.1, 0.15) is 23.2 Å². The third-order valence-electron chi connectivity index (χ3n) is 4.84. The van der Waals surface area contributed by atoms with Gasteiger partial charge in [0, 0.05) is 18.8 Å². The fraction of sp³-hybridized carbons (Fsp3) is 0.333. The van der Waals surface area contributed by atoms with E-state index < -0.39 is 28.5 Å². The molecule has 172 valence electrons. The molecule has 0 radical (unpaired) electrons.